The molecule has 1 atom stereocenters. The number of nitrogens with one attached hydrogen (secondary N) is 1. The van der Waals surface area contributed by atoms with Crippen molar-refractivity contribution >= 4 is 35.3 Å². The van der Waals surface area contributed by atoms with Crippen LogP contribution in [0.25, 0.3) is 0 Å². The molecule has 1 fully saturated rings. The van der Waals surface area contributed by atoms with E-state index in [1.165, 1.54) is 24.3 Å². The molecule has 2 aliphatic rings. The number of carboxylic acids is 1. The zero-order chi connectivity index (χ0) is 21.5. The fourth-order valence-electron chi connectivity index (χ4n) is 4.30. The summed E-state index contributed by atoms with van der Waals surface area (Å²) in [5, 5.41) is 12.7. The van der Waals surface area contributed by atoms with Crippen LogP contribution in [0.3, 0.4) is 0 Å². The Morgan fingerprint density at radius 2 is 1.50 bits per heavy atom. The maximum absolute atomic E-state index is 13.4. The van der Waals surface area contributed by atoms with Crippen molar-refractivity contribution in [3.05, 3.63) is 70.2 Å². The van der Waals surface area contributed by atoms with Crippen LogP contribution in [0.2, 0.25) is 5.02 Å². The third-order valence-corrected chi connectivity index (χ3v) is 6.05. The second-order valence-corrected chi connectivity index (χ2v) is 7.96. The summed E-state index contributed by atoms with van der Waals surface area (Å²) in [7, 11) is 0. The minimum atomic E-state index is -1.41. The summed E-state index contributed by atoms with van der Waals surface area (Å²) < 4.78 is 0. The number of hydrogen-bond acceptors (Lipinski definition) is 4. The number of rotatable bonds is 5. The number of imide groups is 1. The minimum Gasteiger partial charge on any atom is -0.479 e. The van der Waals surface area contributed by atoms with E-state index in [9.17, 15) is 24.3 Å². The normalized spacial score (nSPS) is 18.2. The summed E-state index contributed by atoms with van der Waals surface area (Å²) in [6.45, 7) is 0. The number of hydrogen-bond donors (Lipinski definition) is 2. The van der Waals surface area contributed by atoms with Crippen molar-refractivity contribution in [1.29, 1.82) is 0 Å². The van der Waals surface area contributed by atoms with Gasteiger partial charge in [-0.3, -0.25) is 19.3 Å². The molecule has 3 amide bonds. The number of nitrogens with zero attached hydrogens (tertiary/aromatic N) is 1. The summed E-state index contributed by atoms with van der Waals surface area (Å²) in [5.41, 5.74) is -0.549. The van der Waals surface area contributed by atoms with Gasteiger partial charge in [0.05, 0.1) is 11.1 Å². The molecular weight excluding hydrogens is 408 g/mol. The smallest absolute Gasteiger partial charge is 0.330 e. The first-order valence-corrected chi connectivity index (χ1v) is 10.00. The van der Waals surface area contributed by atoms with Crippen molar-refractivity contribution < 1.29 is 24.3 Å². The van der Waals surface area contributed by atoms with Crippen molar-refractivity contribution in [3.63, 3.8) is 0 Å². The van der Waals surface area contributed by atoms with Crippen LogP contribution < -0.4 is 5.32 Å². The van der Waals surface area contributed by atoms with E-state index >= 15 is 0 Å². The lowest BCUT2D eigenvalue weighted by atomic mass is 9.92. The fourth-order valence-corrected chi connectivity index (χ4v) is 4.42. The van der Waals surface area contributed by atoms with Gasteiger partial charge in [-0.1, -0.05) is 48.7 Å². The summed E-state index contributed by atoms with van der Waals surface area (Å²) in [6, 6.07) is 11.2. The van der Waals surface area contributed by atoms with Crippen LogP contribution >= 0.6 is 11.6 Å². The molecule has 1 saturated carbocycles. The lowest BCUT2D eigenvalue weighted by Crippen LogP contribution is -2.60. The number of halogens is 1. The van der Waals surface area contributed by atoms with Crippen LogP contribution in [0.1, 0.15) is 58.0 Å². The number of carbonyl (C=O) groups is 4. The molecule has 0 aromatic heterocycles. The molecule has 1 unspecified atom stereocenters. The Labute approximate surface area is 177 Å². The van der Waals surface area contributed by atoms with Gasteiger partial charge in [0, 0.05) is 5.02 Å². The minimum absolute atomic E-state index is 0.258. The van der Waals surface area contributed by atoms with Gasteiger partial charge in [0.2, 0.25) is 5.91 Å². The molecule has 8 heteroatoms. The number of carbonyl (C=O) groups excluding carboxylic acids is 3. The largest absolute Gasteiger partial charge is 0.479 e. The van der Waals surface area contributed by atoms with Crippen LogP contribution in [0.15, 0.2) is 48.5 Å². The van der Waals surface area contributed by atoms with Crippen LogP contribution in [0.4, 0.5) is 0 Å². The number of aliphatic carboxylic acids is 1. The first-order valence-electron chi connectivity index (χ1n) is 9.62. The zero-order valence-corrected chi connectivity index (χ0v) is 16.7. The first kappa shape index (κ1) is 20.1. The first-order chi connectivity index (χ1) is 14.3. The van der Waals surface area contributed by atoms with Gasteiger partial charge in [0.25, 0.3) is 11.8 Å². The Hall–Kier alpha value is -3.19. The van der Waals surface area contributed by atoms with Crippen LogP contribution in [-0.2, 0) is 9.59 Å². The molecular formula is C22H19ClN2O5. The predicted molar refractivity (Wildman–Crippen MR) is 108 cm³/mol. The molecule has 7 nitrogen and oxygen atoms in total. The molecule has 2 N–H and O–H groups in total. The monoisotopic (exact) mass is 426 g/mol. The van der Waals surface area contributed by atoms with Gasteiger partial charge in [-0.05, 0) is 42.7 Å². The van der Waals surface area contributed by atoms with E-state index in [4.69, 9.17) is 11.6 Å². The van der Waals surface area contributed by atoms with E-state index < -0.39 is 35.3 Å². The van der Waals surface area contributed by atoms with Crippen molar-refractivity contribution in [2.24, 2.45) is 0 Å². The lowest BCUT2D eigenvalue weighted by molar-refractivity contribution is -0.144. The number of carboxylic acid groups (broad SMARTS) is 1. The molecule has 0 radical (unpaired) electrons. The zero-order valence-electron chi connectivity index (χ0n) is 15.9. The highest BCUT2D eigenvalue weighted by molar-refractivity contribution is 6.30. The molecule has 4 rings (SSSR count). The van der Waals surface area contributed by atoms with Crippen molar-refractivity contribution in [1.82, 2.24) is 10.2 Å². The Bertz CT molecular complexity index is 1010. The van der Waals surface area contributed by atoms with Crippen molar-refractivity contribution in [2.45, 2.75) is 37.3 Å². The Morgan fingerprint density at radius 1 is 0.967 bits per heavy atom. The average Bonchev–Trinajstić information content (AvgIpc) is 3.31. The molecule has 0 saturated heterocycles. The van der Waals surface area contributed by atoms with Gasteiger partial charge < -0.3 is 10.4 Å². The van der Waals surface area contributed by atoms with Gasteiger partial charge in [-0.15, -0.1) is 0 Å². The van der Waals surface area contributed by atoms with Crippen LogP contribution in [0, 0.1) is 0 Å². The Kier molecular flexibility index (Phi) is 5.07. The molecule has 30 heavy (non-hydrogen) atoms. The Balaban J connectivity index is 1.68. The van der Waals surface area contributed by atoms with E-state index in [1.807, 2.05) is 0 Å². The van der Waals surface area contributed by atoms with Gasteiger partial charge in [-0.2, -0.15) is 0 Å². The summed E-state index contributed by atoms with van der Waals surface area (Å²) >= 11 is 5.87. The number of fused-ring (bicyclic) bond motifs is 1. The summed E-state index contributed by atoms with van der Waals surface area (Å²) in [5.74, 6) is -2.94. The highest BCUT2D eigenvalue weighted by Crippen LogP contribution is 2.41. The number of amides is 3. The highest BCUT2D eigenvalue weighted by Gasteiger charge is 2.55. The molecule has 1 aliphatic heterocycles. The third kappa shape index (κ3) is 3.15. The molecule has 2 aromatic carbocycles. The Morgan fingerprint density at radius 3 is 2.00 bits per heavy atom. The lowest BCUT2D eigenvalue weighted by Gasteiger charge is -2.36. The van der Waals surface area contributed by atoms with E-state index in [0.717, 1.165) is 4.90 Å². The van der Waals surface area contributed by atoms with Crippen LogP contribution in [0.5, 0.6) is 0 Å². The molecule has 1 aliphatic carbocycles. The standard InChI is InChI=1S/C22H19ClN2O5/c23-14-9-7-13(8-10-14)17(20(28)29)24-21(30)22(11-3-4-12-22)25-18(26)15-5-1-2-6-16(15)19(25)27/h1-2,5-10,17H,3-4,11-12H2,(H,24,30)(H,28,29). The van der Waals surface area contributed by atoms with E-state index in [1.54, 1.807) is 24.3 Å². The molecule has 2 aromatic rings. The van der Waals surface area contributed by atoms with E-state index in [2.05, 4.69) is 5.32 Å². The van der Waals surface area contributed by atoms with E-state index in [-0.39, 0.29) is 24.0 Å². The third-order valence-electron chi connectivity index (χ3n) is 5.80. The van der Waals surface area contributed by atoms with E-state index in [0.29, 0.717) is 23.4 Å². The van der Waals surface area contributed by atoms with Crippen LogP contribution in [-0.4, -0.2) is 39.2 Å². The molecule has 1 heterocycles. The molecule has 0 bridgehead atoms. The quantitative estimate of drug-likeness (QED) is 0.714. The maximum atomic E-state index is 13.4. The summed E-state index contributed by atoms with van der Waals surface area (Å²) in [4.78, 5) is 52.4. The maximum Gasteiger partial charge on any atom is 0.330 e. The molecule has 0 spiro atoms. The summed E-state index contributed by atoms with van der Waals surface area (Å²) in [6.07, 6.45) is 1.88. The SMILES string of the molecule is O=C(O)C(NC(=O)C1(N2C(=O)c3ccccc3C2=O)CCCC1)c1ccc(Cl)cc1. The van der Waals surface area contributed by atoms with Gasteiger partial charge >= 0.3 is 5.97 Å². The average molecular weight is 427 g/mol. The predicted octanol–water partition coefficient (Wildman–Crippen LogP) is 3.19. The topological polar surface area (TPSA) is 104 Å². The number of benzene rings is 2. The van der Waals surface area contributed by atoms with Crippen molar-refractivity contribution in [3.8, 4) is 0 Å². The second-order valence-electron chi connectivity index (χ2n) is 7.53. The van der Waals surface area contributed by atoms with Gasteiger partial charge in [-0.25, -0.2) is 4.79 Å². The second kappa shape index (κ2) is 7.57. The molecule has 154 valence electrons. The van der Waals surface area contributed by atoms with Gasteiger partial charge in [0.15, 0.2) is 6.04 Å². The van der Waals surface area contributed by atoms with Crippen molar-refractivity contribution in [2.75, 3.05) is 0 Å². The fraction of sp³-hybridized carbons (Fsp3) is 0.273. The van der Waals surface area contributed by atoms with Gasteiger partial charge in [0.1, 0.15) is 5.54 Å². The highest BCUT2D eigenvalue weighted by atomic mass is 35.5.